The van der Waals surface area contributed by atoms with Crippen molar-refractivity contribution in [2.45, 2.75) is 37.7 Å². The van der Waals surface area contributed by atoms with Crippen molar-refractivity contribution in [1.29, 1.82) is 0 Å². The minimum absolute atomic E-state index is 0.0381. The van der Waals surface area contributed by atoms with E-state index in [4.69, 9.17) is 14.2 Å². The predicted octanol–water partition coefficient (Wildman–Crippen LogP) is 1.94. The SMILES string of the molecule is CCOc1ccc(S(=O)(=O)NC[C@H]2CCCO2)cc1OCC. The second-order valence-corrected chi connectivity index (χ2v) is 6.73. The average Bonchev–Trinajstić information content (AvgIpc) is 3.01. The van der Waals surface area contributed by atoms with E-state index in [0.29, 0.717) is 37.9 Å². The maximum atomic E-state index is 12.4. The summed E-state index contributed by atoms with van der Waals surface area (Å²) in [4.78, 5) is 0.164. The highest BCUT2D eigenvalue weighted by Crippen LogP contribution is 2.30. The van der Waals surface area contributed by atoms with E-state index in [1.54, 1.807) is 6.07 Å². The lowest BCUT2D eigenvalue weighted by atomic mass is 10.2. The van der Waals surface area contributed by atoms with Crippen LogP contribution in [0.3, 0.4) is 0 Å². The zero-order valence-corrected chi connectivity index (χ0v) is 13.8. The van der Waals surface area contributed by atoms with Gasteiger partial charge in [-0.05, 0) is 38.8 Å². The van der Waals surface area contributed by atoms with E-state index in [9.17, 15) is 8.42 Å². The van der Waals surface area contributed by atoms with Crippen LogP contribution in [0.15, 0.2) is 23.1 Å². The molecular weight excluding hydrogens is 306 g/mol. The van der Waals surface area contributed by atoms with Crippen LogP contribution in [0.2, 0.25) is 0 Å². The molecule has 0 aromatic heterocycles. The third-order valence-electron chi connectivity index (χ3n) is 3.35. The van der Waals surface area contributed by atoms with E-state index in [2.05, 4.69) is 4.72 Å². The van der Waals surface area contributed by atoms with Crippen LogP contribution in [-0.4, -0.2) is 40.9 Å². The predicted molar refractivity (Wildman–Crippen MR) is 82.9 cm³/mol. The van der Waals surface area contributed by atoms with Crippen LogP contribution < -0.4 is 14.2 Å². The normalized spacial score (nSPS) is 18.4. The molecular formula is C15H23NO5S. The summed E-state index contributed by atoms with van der Waals surface area (Å²) < 4.78 is 43.6. The van der Waals surface area contributed by atoms with E-state index in [1.165, 1.54) is 12.1 Å². The first-order valence-electron chi connectivity index (χ1n) is 7.57. The summed E-state index contributed by atoms with van der Waals surface area (Å²) in [5, 5.41) is 0. The summed E-state index contributed by atoms with van der Waals surface area (Å²) >= 11 is 0. The Hall–Kier alpha value is -1.31. The van der Waals surface area contributed by atoms with Crippen molar-refractivity contribution < 1.29 is 22.6 Å². The number of hydrogen-bond donors (Lipinski definition) is 1. The van der Waals surface area contributed by atoms with Gasteiger partial charge in [-0.15, -0.1) is 0 Å². The van der Waals surface area contributed by atoms with Crippen molar-refractivity contribution in [1.82, 2.24) is 4.72 Å². The second-order valence-electron chi connectivity index (χ2n) is 4.96. The molecule has 124 valence electrons. The Morgan fingerprint density at radius 2 is 1.95 bits per heavy atom. The van der Waals surface area contributed by atoms with Crippen LogP contribution in [0.25, 0.3) is 0 Å². The number of rotatable bonds is 8. The standard InChI is InChI=1S/C15H23NO5S/c1-3-19-14-8-7-13(10-15(14)20-4-2)22(17,18)16-11-12-6-5-9-21-12/h7-8,10,12,16H,3-6,9,11H2,1-2H3/t12-/m1/s1. The molecule has 0 saturated carbocycles. The van der Waals surface area contributed by atoms with Gasteiger partial charge in [-0.2, -0.15) is 0 Å². The maximum Gasteiger partial charge on any atom is 0.240 e. The van der Waals surface area contributed by atoms with Gasteiger partial charge >= 0.3 is 0 Å². The van der Waals surface area contributed by atoms with E-state index in [0.717, 1.165) is 12.8 Å². The molecule has 0 unspecified atom stereocenters. The molecule has 0 aliphatic carbocycles. The molecule has 2 rings (SSSR count). The minimum atomic E-state index is -3.59. The summed E-state index contributed by atoms with van der Waals surface area (Å²) in [6, 6.07) is 4.63. The smallest absolute Gasteiger partial charge is 0.240 e. The minimum Gasteiger partial charge on any atom is -0.490 e. The largest absolute Gasteiger partial charge is 0.490 e. The molecule has 1 aromatic carbocycles. The molecule has 0 spiro atoms. The summed E-state index contributed by atoms with van der Waals surface area (Å²) in [7, 11) is -3.59. The Morgan fingerprint density at radius 3 is 2.59 bits per heavy atom. The van der Waals surface area contributed by atoms with Crippen molar-refractivity contribution in [3.8, 4) is 11.5 Å². The van der Waals surface area contributed by atoms with E-state index < -0.39 is 10.0 Å². The van der Waals surface area contributed by atoms with Gasteiger partial charge in [-0.3, -0.25) is 0 Å². The number of ether oxygens (including phenoxy) is 3. The second kappa shape index (κ2) is 7.80. The molecule has 7 heteroatoms. The Morgan fingerprint density at radius 1 is 1.23 bits per heavy atom. The molecule has 1 heterocycles. The molecule has 1 N–H and O–H groups in total. The van der Waals surface area contributed by atoms with Gasteiger partial charge in [0.05, 0.1) is 24.2 Å². The van der Waals surface area contributed by atoms with E-state index in [1.807, 2.05) is 13.8 Å². The van der Waals surface area contributed by atoms with Gasteiger partial charge < -0.3 is 14.2 Å². The molecule has 1 aromatic rings. The first-order chi connectivity index (χ1) is 10.6. The molecule has 1 saturated heterocycles. The summed E-state index contributed by atoms with van der Waals surface area (Å²) in [5.74, 6) is 0.978. The fourth-order valence-corrected chi connectivity index (χ4v) is 3.37. The van der Waals surface area contributed by atoms with E-state index >= 15 is 0 Å². The third-order valence-corrected chi connectivity index (χ3v) is 4.77. The lowest BCUT2D eigenvalue weighted by Crippen LogP contribution is -2.31. The maximum absolute atomic E-state index is 12.4. The molecule has 0 radical (unpaired) electrons. The molecule has 0 amide bonds. The van der Waals surface area contributed by atoms with Crippen molar-refractivity contribution in [2.75, 3.05) is 26.4 Å². The fraction of sp³-hybridized carbons (Fsp3) is 0.600. The highest BCUT2D eigenvalue weighted by molar-refractivity contribution is 7.89. The van der Waals surface area contributed by atoms with Gasteiger partial charge in [-0.1, -0.05) is 0 Å². The van der Waals surface area contributed by atoms with Gasteiger partial charge in [0.1, 0.15) is 0 Å². The first-order valence-corrected chi connectivity index (χ1v) is 9.06. The van der Waals surface area contributed by atoms with Crippen molar-refractivity contribution in [3.05, 3.63) is 18.2 Å². The van der Waals surface area contributed by atoms with Gasteiger partial charge in [0.15, 0.2) is 11.5 Å². The average molecular weight is 329 g/mol. The summed E-state index contributed by atoms with van der Waals surface area (Å²) in [6.07, 6.45) is 1.82. The van der Waals surface area contributed by atoms with E-state index in [-0.39, 0.29) is 11.0 Å². The number of sulfonamides is 1. The third kappa shape index (κ3) is 4.34. The number of benzene rings is 1. The van der Waals surface area contributed by atoms with Crippen LogP contribution in [0.4, 0.5) is 0 Å². The summed E-state index contributed by atoms with van der Waals surface area (Å²) in [5.41, 5.74) is 0. The molecule has 22 heavy (non-hydrogen) atoms. The van der Waals surface area contributed by atoms with Crippen LogP contribution in [0, 0.1) is 0 Å². The van der Waals surface area contributed by atoms with Crippen molar-refractivity contribution in [2.24, 2.45) is 0 Å². The van der Waals surface area contributed by atoms with Crippen LogP contribution >= 0.6 is 0 Å². The Labute approximate surface area is 131 Å². The molecule has 0 bridgehead atoms. The monoisotopic (exact) mass is 329 g/mol. The van der Waals surface area contributed by atoms with Gasteiger partial charge in [0.2, 0.25) is 10.0 Å². The highest BCUT2D eigenvalue weighted by Gasteiger charge is 2.21. The molecule has 1 atom stereocenters. The molecule has 1 fully saturated rings. The Kier molecular flexibility index (Phi) is 6.05. The number of nitrogens with one attached hydrogen (secondary N) is 1. The van der Waals surface area contributed by atoms with Gasteiger partial charge in [-0.25, -0.2) is 13.1 Å². The molecule has 1 aliphatic heterocycles. The zero-order chi connectivity index (χ0) is 16.0. The Balaban J connectivity index is 2.13. The molecule has 1 aliphatic rings. The van der Waals surface area contributed by atoms with Crippen LogP contribution in [-0.2, 0) is 14.8 Å². The first kappa shape index (κ1) is 17.1. The van der Waals surface area contributed by atoms with Gasteiger partial charge in [0, 0.05) is 19.2 Å². The fourth-order valence-electron chi connectivity index (χ4n) is 2.29. The highest BCUT2D eigenvalue weighted by atomic mass is 32.2. The number of hydrogen-bond acceptors (Lipinski definition) is 5. The summed E-state index contributed by atoms with van der Waals surface area (Å²) in [6.45, 7) is 5.62. The topological polar surface area (TPSA) is 73.9 Å². The van der Waals surface area contributed by atoms with Crippen LogP contribution in [0.1, 0.15) is 26.7 Å². The quantitative estimate of drug-likeness (QED) is 0.789. The lowest BCUT2D eigenvalue weighted by Gasteiger charge is -2.14. The zero-order valence-electron chi connectivity index (χ0n) is 13.0. The lowest BCUT2D eigenvalue weighted by molar-refractivity contribution is 0.114. The van der Waals surface area contributed by atoms with Crippen molar-refractivity contribution in [3.63, 3.8) is 0 Å². The Bertz CT molecular complexity index is 582. The van der Waals surface area contributed by atoms with Gasteiger partial charge in [0.25, 0.3) is 0 Å². The van der Waals surface area contributed by atoms with Crippen molar-refractivity contribution >= 4 is 10.0 Å². The molecule has 6 nitrogen and oxygen atoms in total. The van der Waals surface area contributed by atoms with Crippen LogP contribution in [0.5, 0.6) is 11.5 Å².